The molecule has 0 radical (unpaired) electrons. The Morgan fingerprint density at radius 1 is 1.80 bits per heavy atom. The van der Waals surface area contributed by atoms with Crippen LogP contribution in [0, 0.1) is 0 Å². The van der Waals surface area contributed by atoms with Crippen LogP contribution in [0.1, 0.15) is 0 Å². The molecule has 0 spiro atoms. The molecule has 0 unspecified atom stereocenters. The average molecular weight is 92.1 g/mol. The first kappa shape index (κ1) is 4.49. The van der Waals surface area contributed by atoms with E-state index in [4.69, 9.17) is 9.00 Å². The Kier molecular flexibility index (Phi) is 3.13. The van der Waals surface area contributed by atoms with Crippen LogP contribution >= 0.6 is 0 Å². The summed E-state index contributed by atoms with van der Waals surface area (Å²) >= 11 is 0.0336. The summed E-state index contributed by atoms with van der Waals surface area (Å²) in [4.78, 5) is 9.07. The van der Waals surface area contributed by atoms with Crippen LogP contribution in [0.25, 0.3) is 0 Å². The summed E-state index contributed by atoms with van der Waals surface area (Å²) in [5, 5.41) is 0. The zero-order valence-electron chi connectivity index (χ0n) is 2.30. The van der Waals surface area contributed by atoms with Crippen LogP contribution in [-0.4, -0.2) is 6.41 Å². The third-order valence-corrected chi connectivity index (χ3v) is 0.289. The van der Waals surface area contributed by atoms with E-state index >= 15 is 0 Å². The van der Waals surface area contributed by atoms with Gasteiger partial charge in [-0.1, -0.05) is 4.72 Å². The normalized spacial score (nSPS) is 5.60. The molecule has 0 rings (SSSR count). The van der Waals surface area contributed by atoms with E-state index in [1.165, 1.54) is 0 Å². The summed E-state index contributed by atoms with van der Waals surface area (Å²) in [5.41, 5.74) is 0. The van der Waals surface area contributed by atoms with Gasteiger partial charge in [0.25, 0.3) is 6.41 Å². The van der Waals surface area contributed by atoms with Crippen molar-refractivity contribution < 1.29 is 9.00 Å². The van der Waals surface area contributed by atoms with Crippen LogP contribution < -0.4 is 4.72 Å². The molecule has 0 aliphatic rings. The van der Waals surface area contributed by atoms with Crippen LogP contribution in [0.5, 0.6) is 0 Å². The van der Waals surface area contributed by atoms with Crippen molar-refractivity contribution >= 4 is 18.3 Å². The number of hydrogen-bond donors (Lipinski definition) is 1. The lowest BCUT2D eigenvalue weighted by Crippen LogP contribution is -1.99. The van der Waals surface area contributed by atoms with Gasteiger partial charge < -0.3 is 0 Å². The van der Waals surface area contributed by atoms with Crippen LogP contribution in [0.15, 0.2) is 0 Å². The van der Waals surface area contributed by atoms with E-state index in [0.717, 1.165) is 0 Å². The van der Waals surface area contributed by atoms with Crippen molar-refractivity contribution in [2.75, 3.05) is 0 Å². The molecule has 1 N–H and O–H groups in total. The molecule has 0 aromatic heterocycles. The zero-order chi connectivity index (χ0) is 4.12. The second kappa shape index (κ2) is 3.49. The van der Waals surface area contributed by atoms with Crippen molar-refractivity contribution in [2.45, 2.75) is 0 Å². The van der Waals surface area contributed by atoms with Crippen molar-refractivity contribution in [2.24, 2.45) is 0 Å². The maximum absolute atomic E-state index is 9.10. The Balaban J connectivity index is 2.65. The Morgan fingerprint density at radius 2 is 2.40 bits per heavy atom. The third-order valence-electron chi connectivity index (χ3n) is 0.0962. The molecule has 0 fully saturated rings. The van der Waals surface area contributed by atoms with Crippen LogP contribution in [0.2, 0.25) is 0 Å². The Morgan fingerprint density at radius 3 is 2.40 bits per heavy atom. The van der Waals surface area contributed by atoms with E-state index in [1.54, 1.807) is 4.72 Å². The lowest BCUT2D eigenvalue weighted by atomic mass is 11.5. The third kappa shape index (κ3) is 3.49. The highest BCUT2D eigenvalue weighted by molar-refractivity contribution is 7.63. The van der Waals surface area contributed by atoms with E-state index in [2.05, 4.69) is 0 Å². The maximum Gasteiger partial charge on any atom is 0.626 e. The fraction of sp³-hybridized carbons (Fsp3) is 0. The summed E-state index contributed by atoms with van der Waals surface area (Å²) in [7, 11) is 0. The van der Waals surface area contributed by atoms with Gasteiger partial charge in [-0.3, -0.25) is 4.79 Å². The van der Waals surface area contributed by atoms with Gasteiger partial charge in [0.1, 0.15) is 0 Å². The molecule has 1 amide bonds. The fourth-order valence-electron chi connectivity index (χ4n) is 0.0196. The molecule has 0 heterocycles. The molecule has 0 bridgehead atoms. The lowest BCUT2D eigenvalue weighted by molar-refractivity contribution is -0.107. The number of rotatable bonds is 2. The first-order valence-corrected chi connectivity index (χ1v) is 1.64. The predicted octanol–water partition coefficient (Wildman–Crippen LogP) is -0.925. The summed E-state index contributed by atoms with van der Waals surface area (Å²) in [6, 6.07) is 0. The lowest BCUT2D eigenvalue weighted by Gasteiger charge is -1.43. The number of amides is 1. The molecule has 0 aromatic carbocycles. The van der Waals surface area contributed by atoms with Crippen LogP contribution in [0.3, 0.4) is 0 Å². The smallest absolute Gasteiger partial charge is 0.274 e. The van der Waals surface area contributed by atoms with Crippen LogP contribution in [-0.2, 0) is 20.9 Å². The largest absolute Gasteiger partial charge is 0.626 e. The molecule has 0 saturated carbocycles. The fourth-order valence-corrected chi connectivity index (χ4v) is 0.0589. The maximum atomic E-state index is 9.10. The summed E-state index contributed by atoms with van der Waals surface area (Å²) < 4.78 is 10.9. The zero-order valence-corrected chi connectivity index (χ0v) is 3.12. The standard InChI is InChI=1S/CHNO2S/c3-1-2-5-4/h1H/p+1. The van der Waals surface area contributed by atoms with Gasteiger partial charge in [-0.15, -0.1) is 0 Å². The first-order valence-electron chi connectivity index (χ1n) is 0.895. The molecular formula is CH2NO2S+. The number of carbonyl (C=O) groups excluding carboxylic acids is 1. The highest BCUT2D eigenvalue weighted by Crippen LogP contribution is 1.26. The molecule has 0 aromatic rings. The van der Waals surface area contributed by atoms with Gasteiger partial charge in [-0.25, -0.2) is 0 Å². The molecule has 0 aliphatic heterocycles. The monoisotopic (exact) mass is 92.0 g/mol. The minimum atomic E-state index is 0.0336. The molecular weight excluding hydrogens is 90.1 g/mol. The van der Waals surface area contributed by atoms with Gasteiger partial charge in [0, 0.05) is 0 Å². The van der Waals surface area contributed by atoms with Crippen molar-refractivity contribution in [1.29, 1.82) is 0 Å². The van der Waals surface area contributed by atoms with Gasteiger partial charge >= 0.3 is 11.9 Å². The average Bonchev–Trinajstić information content (AvgIpc) is 1.41. The number of nitrogens with one attached hydrogen (secondary N) is 1. The van der Waals surface area contributed by atoms with E-state index in [-0.39, 0.29) is 11.9 Å². The summed E-state index contributed by atoms with van der Waals surface area (Å²) in [6.45, 7) is 0. The van der Waals surface area contributed by atoms with E-state index < -0.39 is 0 Å². The minimum Gasteiger partial charge on any atom is -0.274 e. The van der Waals surface area contributed by atoms with Gasteiger partial charge in [0.15, 0.2) is 0 Å². The van der Waals surface area contributed by atoms with Crippen molar-refractivity contribution in [3.05, 3.63) is 0 Å². The molecule has 0 atom stereocenters. The van der Waals surface area contributed by atoms with E-state index in [1.807, 2.05) is 0 Å². The second-order valence-corrected chi connectivity index (χ2v) is 0.721. The predicted molar refractivity (Wildman–Crippen MR) is 17.3 cm³/mol. The molecule has 3 nitrogen and oxygen atoms in total. The quantitative estimate of drug-likeness (QED) is 0.272. The topological polar surface area (TPSA) is 46.2 Å². The first-order chi connectivity index (χ1) is 2.41. The molecule has 0 saturated heterocycles. The molecule has 28 valence electrons. The van der Waals surface area contributed by atoms with Crippen molar-refractivity contribution in [3.63, 3.8) is 0 Å². The summed E-state index contributed by atoms with van der Waals surface area (Å²) in [5.74, 6) is 0. The van der Waals surface area contributed by atoms with Crippen LogP contribution in [0.4, 0.5) is 0 Å². The van der Waals surface area contributed by atoms with Crippen molar-refractivity contribution in [1.82, 2.24) is 4.72 Å². The minimum absolute atomic E-state index is 0.0336. The van der Waals surface area contributed by atoms with Crippen molar-refractivity contribution in [3.8, 4) is 0 Å². The molecule has 5 heavy (non-hydrogen) atoms. The Hall–Kier alpha value is -0.510. The SMILES string of the molecule is O=CN[S+]=O. The Bertz CT molecular complexity index is 38.9. The van der Waals surface area contributed by atoms with Gasteiger partial charge in [0.05, 0.1) is 4.21 Å². The van der Waals surface area contributed by atoms with Gasteiger partial charge in [-0.2, -0.15) is 0 Å². The number of carbonyl (C=O) groups is 1. The molecule has 4 heteroatoms. The molecule has 0 aliphatic carbocycles. The van der Waals surface area contributed by atoms with E-state index in [9.17, 15) is 0 Å². The highest BCUT2D eigenvalue weighted by Gasteiger charge is 1.81. The second-order valence-electron chi connectivity index (χ2n) is 0.319. The number of hydrogen-bond acceptors (Lipinski definition) is 2. The summed E-state index contributed by atoms with van der Waals surface area (Å²) in [6.07, 6.45) is 0.331. The van der Waals surface area contributed by atoms with Gasteiger partial charge in [-0.05, 0) is 0 Å². The van der Waals surface area contributed by atoms with E-state index in [0.29, 0.717) is 6.41 Å². The Labute approximate surface area is 33.0 Å². The van der Waals surface area contributed by atoms with Gasteiger partial charge in [0.2, 0.25) is 0 Å². The highest BCUT2D eigenvalue weighted by atomic mass is 32.2.